The van der Waals surface area contributed by atoms with E-state index in [-0.39, 0.29) is 18.3 Å². The van der Waals surface area contributed by atoms with Crippen molar-refractivity contribution in [1.29, 1.82) is 0 Å². The Morgan fingerprint density at radius 3 is 2.34 bits per heavy atom. The molecule has 0 spiro atoms. The third kappa shape index (κ3) is 5.62. The smallest absolute Gasteiger partial charge is 0.243 e. The first-order valence-corrected chi connectivity index (χ1v) is 11.1. The van der Waals surface area contributed by atoms with Crippen molar-refractivity contribution in [2.75, 3.05) is 39.3 Å². The Balaban J connectivity index is 1.44. The standard InChI is InChI=1S/C21H26FN3O3S/c1-17-6-8-19(9-7-17)29(27,28)25-14-12-24(13-15-25)16-21(26)23-11-10-18-4-2-3-5-20(18)22/h2-9H,10-16H2,1H3,(H,23,26). The highest BCUT2D eigenvalue weighted by Gasteiger charge is 2.28. The Morgan fingerprint density at radius 2 is 1.69 bits per heavy atom. The quantitative estimate of drug-likeness (QED) is 0.743. The van der Waals surface area contributed by atoms with Gasteiger partial charge in [0.2, 0.25) is 15.9 Å². The summed E-state index contributed by atoms with van der Waals surface area (Å²) in [7, 11) is -3.51. The molecule has 0 radical (unpaired) electrons. The first-order valence-electron chi connectivity index (χ1n) is 9.65. The Kier molecular flexibility index (Phi) is 7.00. The van der Waals surface area contributed by atoms with E-state index in [1.807, 2.05) is 11.8 Å². The minimum absolute atomic E-state index is 0.142. The van der Waals surface area contributed by atoms with Gasteiger partial charge in [-0.15, -0.1) is 0 Å². The predicted octanol–water partition coefficient (Wildman–Crippen LogP) is 1.80. The summed E-state index contributed by atoms with van der Waals surface area (Å²) >= 11 is 0. The van der Waals surface area contributed by atoms with Gasteiger partial charge in [-0.1, -0.05) is 35.9 Å². The van der Waals surface area contributed by atoms with Gasteiger partial charge in [-0.25, -0.2) is 12.8 Å². The summed E-state index contributed by atoms with van der Waals surface area (Å²) < 4.78 is 40.5. The Morgan fingerprint density at radius 1 is 1.03 bits per heavy atom. The molecule has 0 aliphatic carbocycles. The zero-order valence-corrected chi connectivity index (χ0v) is 17.3. The molecule has 0 saturated carbocycles. The topological polar surface area (TPSA) is 69.7 Å². The Bertz CT molecular complexity index is 940. The van der Waals surface area contributed by atoms with Crippen molar-refractivity contribution in [3.05, 3.63) is 65.5 Å². The molecule has 6 nitrogen and oxygen atoms in total. The number of nitrogens with one attached hydrogen (secondary N) is 1. The van der Waals surface area contributed by atoms with Gasteiger partial charge in [-0.3, -0.25) is 9.69 Å². The molecule has 1 heterocycles. The fourth-order valence-electron chi connectivity index (χ4n) is 3.28. The summed E-state index contributed by atoms with van der Waals surface area (Å²) in [5.74, 6) is -0.413. The molecular formula is C21H26FN3O3S. The van der Waals surface area contributed by atoms with E-state index in [4.69, 9.17) is 0 Å². The predicted molar refractivity (Wildman–Crippen MR) is 109 cm³/mol. The van der Waals surface area contributed by atoms with Gasteiger partial charge in [0, 0.05) is 32.7 Å². The van der Waals surface area contributed by atoms with Crippen LogP contribution < -0.4 is 5.32 Å². The van der Waals surface area contributed by atoms with Gasteiger partial charge in [-0.2, -0.15) is 4.31 Å². The van der Waals surface area contributed by atoms with E-state index in [2.05, 4.69) is 5.32 Å². The normalized spacial score (nSPS) is 15.9. The van der Waals surface area contributed by atoms with Gasteiger partial charge in [-0.05, 0) is 37.1 Å². The molecule has 8 heteroatoms. The van der Waals surface area contributed by atoms with Crippen LogP contribution in [0.3, 0.4) is 0 Å². The summed E-state index contributed by atoms with van der Waals surface area (Å²) in [4.78, 5) is 14.4. The molecule has 156 valence electrons. The number of amides is 1. The van der Waals surface area contributed by atoms with Gasteiger partial charge in [0.05, 0.1) is 11.4 Å². The van der Waals surface area contributed by atoms with Crippen LogP contribution in [-0.2, 0) is 21.2 Å². The van der Waals surface area contributed by atoms with E-state index in [1.165, 1.54) is 10.4 Å². The fourth-order valence-corrected chi connectivity index (χ4v) is 4.71. The lowest BCUT2D eigenvalue weighted by molar-refractivity contribution is -0.122. The van der Waals surface area contributed by atoms with Crippen LogP contribution in [0.1, 0.15) is 11.1 Å². The maximum absolute atomic E-state index is 13.6. The minimum Gasteiger partial charge on any atom is -0.355 e. The first kappa shape index (κ1) is 21.4. The number of nitrogens with zero attached hydrogens (tertiary/aromatic N) is 2. The summed E-state index contributed by atoms with van der Waals surface area (Å²) in [6, 6.07) is 13.3. The SMILES string of the molecule is Cc1ccc(S(=O)(=O)N2CCN(CC(=O)NCCc3ccccc3F)CC2)cc1. The highest BCUT2D eigenvalue weighted by molar-refractivity contribution is 7.89. The van der Waals surface area contributed by atoms with Crippen LogP contribution in [0.4, 0.5) is 4.39 Å². The lowest BCUT2D eigenvalue weighted by Crippen LogP contribution is -2.51. The van der Waals surface area contributed by atoms with Crippen molar-refractivity contribution >= 4 is 15.9 Å². The van der Waals surface area contributed by atoms with Gasteiger partial charge < -0.3 is 5.32 Å². The number of benzene rings is 2. The average molecular weight is 420 g/mol. The van der Waals surface area contributed by atoms with E-state index in [9.17, 15) is 17.6 Å². The average Bonchev–Trinajstić information content (AvgIpc) is 2.70. The van der Waals surface area contributed by atoms with Crippen molar-refractivity contribution in [2.24, 2.45) is 0 Å². The van der Waals surface area contributed by atoms with E-state index >= 15 is 0 Å². The van der Waals surface area contributed by atoms with Crippen molar-refractivity contribution < 1.29 is 17.6 Å². The van der Waals surface area contributed by atoms with Crippen molar-refractivity contribution in [3.8, 4) is 0 Å². The van der Waals surface area contributed by atoms with Crippen LogP contribution in [-0.4, -0.2) is 62.8 Å². The number of hydrogen-bond acceptors (Lipinski definition) is 4. The molecule has 1 saturated heterocycles. The number of halogens is 1. The third-order valence-electron chi connectivity index (χ3n) is 5.03. The summed E-state index contributed by atoms with van der Waals surface area (Å²) in [6.45, 7) is 4.16. The fraction of sp³-hybridized carbons (Fsp3) is 0.381. The molecule has 0 aromatic heterocycles. The molecule has 1 fully saturated rings. The van der Waals surface area contributed by atoms with E-state index in [0.29, 0.717) is 49.6 Å². The second-order valence-corrected chi connectivity index (χ2v) is 9.12. The highest BCUT2D eigenvalue weighted by atomic mass is 32.2. The number of carbonyl (C=O) groups excluding carboxylic acids is 1. The number of rotatable bonds is 7. The maximum atomic E-state index is 13.6. The van der Waals surface area contributed by atoms with E-state index in [0.717, 1.165) is 5.56 Å². The summed E-state index contributed by atoms with van der Waals surface area (Å²) in [5, 5.41) is 2.80. The van der Waals surface area contributed by atoms with Crippen LogP contribution in [0.5, 0.6) is 0 Å². The largest absolute Gasteiger partial charge is 0.355 e. The number of aryl methyl sites for hydroxylation is 1. The van der Waals surface area contributed by atoms with Crippen LogP contribution in [0, 0.1) is 12.7 Å². The van der Waals surface area contributed by atoms with E-state index in [1.54, 1.807) is 42.5 Å². The number of carbonyl (C=O) groups is 1. The van der Waals surface area contributed by atoms with Crippen LogP contribution >= 0.6 is 0 Å². The minimum atomic E-state index is -3.51. The zero-order chi connectivity index (χ0) is 20.9. The molecule has 0 bridgehead atoms. The number of sulfonamides is 1. The van der Waals surface area contributed by atoms with Gasteiger partial charge in [0.25, 0.3) is 0 Å². The van der Waals surface area contributed by atoms with Crippen molar-refractivity contribution in [3.63, 3.8) is 0 Å². The lowest BCUT2D eigenvalue weighted by Gasteiger charge is -2.33. The van der Waals surface area contributed by atoms with Crippen LogP contribution in [0.2, 0.25) is 0 Å². The molecule has 0 unspecified atom stereocenters. The number of piperazine rings is 1. The van der Waals surface area contributed by atoms with Crippen LogP contribution in [0.15, 0.2) is 53.4 Å². The maximum Gasteiger partial charge on any atom is 0.243 e. The molecular weight excluding hydrogens is 393 g/mol. The molecule has 1 aliphatic heterocycles. The molecule has 1 N–H and O–H groups in total. The first-order chi connectivity index (χ1) is 13.9. The molecule has 2 aromatic rings. The molecule has 0 atom stereocenters. The van der Waals surface area contributed by atoms with E-state index < -0.39 is 10.0 Å². The highest BCUT2D eigenvalue weighted by Crippen LogP contribution is 2.18. The Hall–Kier alpha value is -2.29. The van der Waals surface area contributed by atoms with Crippen LogP contribution in [0.25, 0.3) is 0 Å². The third-order valence-corrected chi connectivity index (χ3v) is 6.94. The Labute approximate surface area is 171 Å². The summed E-state index contributed by atoms with van der Waals surface area (Å²) in [5.41, 5.74) is 1.58. The van der Waals surface area contributed by atoms with Gasteiger partial charge in [0.1, 0.15) is 5.82 Å². The number of hydrogen-bond donors (Lipinski definition) is 1. The monoisotopic (exact) mass is 419 g/mol. The van der Waals surface area contributed by atoms with Gasteiger partial charge in [0.15, 0.2) is 0 Å². The second kappa shape index (κ2) is 9.47. The molecule has 3 rings (SSSR count). The lowest BCUT2D eigenvalue weighted by atomic mass is 10.1. The van der Waals surface area contributed by atoms with Crippen molar-refractivity contribution in [1.82, 2.24) is 14.5 Å². The van der Waals surface area contributed by atoms with Gasteiger partial charge >= 0.3 is 0 Å². The van der Waals surface area contributed by atoms with Crippen molar-refractivity contribution in [2.45, 2.75) is 18.2 Å². The molecule has 2 aromatic carbocycles. The molecule has 29 heavy (non-hydrogen) atoms. The summed E-state index contributed by atoms with van der Waals surface area (Å²) in [6.07, 6.45) is 0.432. The zero-order valence-electron chi connectivity index (χ0n) is 16.5. The molecule has 1 amide bonds. The molecule has 1 aliphatic rings. The second-order valence-electron chi connectivity index (χ2n) is 7.18.